The van der Waals surface area contributed by atoms with E-state index in [1.165, 1.54) is 6.42 Å². The summed E-state index contributed by atoms with van der Waals surface area (Å²) in [5.74, 6) is 1.02. The first-order chi connectivity index (χ1) is 8.31. The summed E-state index contributed by atoms with van der Waals surface area (Å²) in [6.07, 6.45) is 6.84. The Bertz CT molecular complexity index is 307. The molecule has 1 amide bonds. The SMILES string of the molecule is N#CC1CCCC1SCC(=O)N1CCCCC1. The third-order valence-corrected chi connectivity index (χ3v) is 5.15. The summed E-state index contributed by atoms with van der Waals surface area (Å²) in [4.78, 5) is 14.0. The zero-order valence-electron chi connectivity index (χ0n) is 10.2. The smallest absolute Gasteiger partial charge is 0.232 e. The molecule has 2 aliphatic rings. The van der Waals surface area contributed by atoms with Gasteiger partial charge in [0.25, 0.3) is 0 Å². The van der Waals surface area contributed by atoms with Crippen LogP contribution in [0.4, 0.5) is 0 Å². The second kappa shape index (κ2) is 6.30. The lowest BCUT2D eigenvalue weighted by atomic mass is 10.1. The quantitative estimate of drug-likeness (QED) is 0.775. The molecule has 2 atom stereocenters. The van der Waals surface area contributed by atoms with Crippen molar-refractivity contribution < 1.29 is 4.79 Å². The maximum absolute atomic E-state index is 12.0. The molecular formula is C13H20N2OS. The minimum absolute atomic E-state index is 0.175. The molecule has 17 heavy (non-hydrogen) atoms. The number of amides is 1. The van der Waals surface area contributed by atoms with E-state index in [1.54, 1.807) is 11.8 Å². The van der Waals surface area contributed by atoms with Gasteiger partial charge < -0.3 is 4.90 Å². The summed E-state index contributed by atoms with van der Waals surface area (Å²) >= 11 is 1.70. The maximum Gasteiger partial charge on any atom is 0.232 e. The molecule has 94 valence electrons. The number of nitrogens with zero attached hydrogens (tertiary/aromatic N) is 2. The molecule has 2 rings (SSSR count). The molecule has 1 heterocycles. The molecule has 0 aromatic heterocycles. The first-order valence-electron chi connectivity index (χ1n) is 6.60. The lowest BCUT2D eigenvalue weighted by Crippen LogP contribution is -2.37. The summed E-state index contributed by atoms with van der Waals surface area (Å²) in [6.45, 7) is 1.87. The van der Waals surface area contributed by atoms with Crippen molar-refractivity contribution in [2.45, 2.75) is 43.8 Å². The monoisotopic (exact) mass is 252 g/mol. The topological polar surface area (TPSA) is 44.1 Å². The van der Waals surface area contributed by atoms with Crippen LogP contribution in [0, 0.1) is 17.2 Å². The van der Waals surface area contributed by atoms with Crippen LogP contribution < -0.4 is 0 Å². The van der Waals surface area contributed by atoms with E-state index in [2.05, 4.69) is 6.07 Å². The van der Waals surface area contributed by atoms with Gasteiger partial charge in [-0.15, -0.1) is 11.8 Å². The summed E-state index contributed by atoms with van der Waals surface area (Å²) in [7, 11) is 0. The largest absolute Gasteiger partial charge is 0.342 e. The van der Waals surface area contributed by atoms with Gasteiger partial charge in [0.2, 0.25) is 5.91 Å². The highest BCUT2D eigenvalue weighted by Gasteiger charge is 2.28. The van der Waals surface area contributed by atoms with Crippen LogP contribution >= 0.6 is 11.8 Å². The normalized spacial score (nSPS) is 29.0. The molecule has 0 aromatic rings. The van der Waals surface area contributed by atoms with E-state index in [-0.39, 0.29) is 11.8 Å². The van der Waals surface area contributed by atoms with Gasteiger partial charge in [-0.25, -0.2) is 0 Å². The molecule has 3 nitrogen and oxygen atoms in total. The first kappa shape index (κ1) is 12.8. The highest BCUT2D eigenvalue weighted by atomic mass is 32.2. The summed E-state index contributed by atoms with van der Waals surface area (Å²) in [5.41, 5.74) is 0. The first-order valence-corrected chi connectivity index (χ1v) is 7.65. The fourth-order valence-electron chi connectivity index (χ4n) is 2.69. The number of nitriles is 1. The molecule has 2 fully saturated rings. The Balaban J connectivity index is 1.74. The molecule has 1 saturated heterocycles. The van der Waals surface area contributed by atoms with Crippen LogP contribution in [0.25, 0.3) is 0 Å². The van der Waals surface area contributed by atoms with Crippen LogP contribution in [0.1, 0.15) is 38.5 Å². The number of hydrogen-bond donors (Lipinski definition) is 0. The fourth-order valence-corrected chi connectivity index (χ4v) is 3.99. The number of carbonyl (C=O) groups excluding carboxylic acids is 1. The second-order valence-electron chi connectivity index (χ2n) is 4.96. The van der Waals surface area contributed by atoms with E-state index in [1.807, 2.05) is 4.90 Å². The third-order valence-electron chi connectivity index (χ3n) is 3.75. The van der Waals surface area contributed by atoms with Crippen molar-refractivity contribution >= 4 is 17.7 Å². The zero-order chi connectivity index (χ0) is 12.1. The molecule has 0 aromatic carbocycles. The van der Waals surface area contributed by atoms with E-state index >= 15 is 0 Å². The Labute approximate surface area is 108 Å². The van der Waals surface area contributed by atoms with Gasteiger partial charge in [-0.05, 0) is 32.1 Å². The number of likely N-dealkylation sites (tertiary alicyclic amines) is 1. The Hall–Kier alpha value is -0.690. The number of thioether (sulfide) groups is 1. The molecule has 1 saturated carbocycles. The van der Waals surface area contributed by atoms with Gasteiger partial charge in [0.15, 0.2) is 0 Å². The predicted molar refractivity (Wildman–Crippen MR) is 69.6 cm³/mol. The molecular weight excluding hydrogens is 232 g/mol. The maximum atomic E-state index is 12.0. The van der Waals surface area contributed by atoms with Crippen molar-refractivity contribution in [2.75, 3.05) is 18.8 Å². The van der Waals surface area contributed by atoms with Crippen LogP contribution in [0.3, 0.4) is 0 Å². The zero-order valence-corrected chi connectivity index (χ0v) is 11.0. The van der Waals surface area contributed by atoms with Gasteiger partial charge in [0.05, 0.1) is 17.7 Å². The molecule has 0 radical (unpaired) electrons. The minimum atomic E-state index is 0.175. The average molecular weight is 252 g/mol. The molecule has 2 unspecified atom stereocenters. The Kier molecular flexibility index (Phi) is 4.73. The summed E-state index contributed by atoms with van der Waals surface area (Å²) in [6, 6.07) is 2.37. The molecule has 0 N–H and O–H groups in total. The van der Waals surface area contributed by atoms with Crippen molar-refractivity contribution in [1.82, 2.24) is 4.90 Å². The van der Waals surface area contributed by atoms with Crippen LogP contribution in [0.5, 0.6) is 0 Å². The minimum Gasteiger partial charge on any atom is -0.342 e. The molecule has 4 heteroatoms. The standard InChI is InChI=1S/C13H20N2OS/c14-9-11-5-4-6-12(11)17-10-13(16)15-7-2-1-3-8-15/h11-12H,1-8,10H2. The van der Waals surface area contributed by atoms with Crippen molar-refractivity contribution in [3.8, 4) is 6.07 Å². The van der Waals surface area contributed by atoms with E-state index in [4.69, 9.17) is 5.26 Å². The van der Waals surface area contributed by atoms with Gasteiger partial charge >= 0.3 is 0 Å². The molecule has 0 spiro atoms. The van der Waals surface area contributed by atoms with Gasteiger partial charge in [0.1, 0.15) is 0 Å². The lowest BCUT2D eigenvalue weighted by molar-refractivity contribution is -0.129. The van der Waals surface area contributed by atoms with E-state index in [0.29, 0.717) is 11.0 Å². The fraction of sp³-hybridized carbons (Fsp3) is 0.846. The highest BCUT2D eigenvalue weighted by Crippen LogP contribution is 2.34. The summed E-state index contributed by atoms with van der Waals surface area (Å²) < 4.78 is 0. The van der Waals surface area contributed by atoms with Gasteiger partial charge in [-0.1, -0.05) is 6.42 Å². The van der Waals surface area contributed by atoms with Gasteiger partial charge in [-0.3, -0.25) is 4.79 Å². The lowest BCUT2D eigenvalue weighted by Gasteiger charge is -2.27. The molecule has 1 aliphatic carbocycles. The van der Waals surface area contributed by atoms with Crippen molar-refractivity contribution in [3.05, 3.63) is 0 Å². The summed E-state index contributed by atoms with van der Waals surface area (Å²) in [5, 5.41) is 9.39. The van der Waals surface area contributed by atoms with Gasteiger partial charge in [-0.2, -0.15) is 5.26 Å². The van der Waals surface area contributed by atoms with Crippen LogP contribution in [0.2, 0.25) is 0 Å². The predicted octanol–water partition coefficient (Wildman–Crippen LogP) is 2.42. The van der Waals surface area contributed by atoms with Crippen LogP contribution in [-0.4, -0.2) is 34.9 Å². The number of rotatable bonds is 3. The van der Waals surface area contributed by atoms with E-state index < -0.39 is 0 Å². The number of piperidine rings is 1. The average Bonchev–Trinajstić information content (AvgIpc) is 2.84. The third kappa shape index (κ3) is 3.38. The van der Waals surface area contributed by atoms with E-state index in [9.17, 15) is 4.79 Å². The second-order valence-corrected chi connectivity index (χ2v) is 6.18. The van der Waals surface area contributed by atoms with Crippen LogP contribution in [-0.2, 0) is 4.79 Å². The van der Waals surface area contributed by atoms with E-state index in [0.717, 1.165) is 45.2 Å². The Morgan fingerprint density at radius 2 is 2.00 bits per heavy atom. The van der Waals surface area contributed by atoms with Gasteiger partial charge in [0, 0.05) is 18.3 Å². The Morgan fingerprint density at radius 1 is 1.24 bits per heavy atom. The highest BCUT2D eigenvalue weighted by molar-refractivity contribution is 8.00. The van der Waals surface area contributed by atoms with Crippen molar-refractivity contribution in [3.63, 3.8) is 0 Å². The van der Waals surface area contributed by atoms with Crippen LogP contribution in [0.15, 0.2) is 0 Å². The molecule has 0 bridgehead atoms. The Morgan fingerprint density at radius 3 is 2.71 bits per heavy atom. The van der Waals surface area contributed by atoms with Crippen molar-refractivity contribution in [1.29, 1.82) is 5.26 Å². The molecule has 1 aliphatic heterocycles. The number of carbonyl (C=O) groups is 1. The van der Waals surface area contributed by atoms with Crippen molar-refractivity contribution in [2.24, 2.45) is 5.92 Å². The number of hydrogen-bond acceptors (Lipinski definition) is 3.